The van der Waals surface area contributed by atoms with E-state index in [1.165, 1.54) is 0 Å². The average Bonchev–Trinajstić information content (AvgIpc) is 3.17. The van der Waals surface area contributed by atoms with Gasteiger partial charge in [0.2, 0.25) is 5.82 Å². The predicted molar refractivity (Wildman–Crippen MR) is 92.0 cm³/mol. The second-order valence-electron chi connectivity index (χ2n) is 7.68. The van der Waals surface area contributed by atoms with Gasteiger partial charge < -0.3 is 14.4 Å². The first-order valence-corrected chi connectivity index (χ1v) is 10.7. The molecule has 0 radical (unpaired) electrons. The second-order valence-corrected chi connectivity index (χ2v) is 9.94. The number of carbonyl (C=O) groups is 1. The minimum atomic E-state index is -3.15. The standard InChI is InChI=1S/C16H25N5O3S/c1-19(2)12-10-25(23,24)13-9-20(8-11(12)13)16(22)15-18-17-14-6-4-3-5-7-21(14)15/h11-13H,3-10H2,1-2H3/t11-,12-,13-/m0/s1. The van der Waals surface area contributed by atoms with E-state index >= 15 is 0 Å². The maximum absolute atomic E-state index is 13.0. The van der Waals surface area contributed by atoms with Crippen molar-refractivity contribution in [1.29, 1.82) is 0 Å². The molecule has 9 heteroatoms. The van der Waals surface area contributed by atoms with Crippen LogP contribution in [0.3, 0.4) is 0 Å². The Balaban J connectivity index is 1.58. The number of hydrogen-bond donors (Lipinski definition) is 0. The Morgan fingerprint density at radius 3 is 2.72 bits per heavy atom. The highest BCUT2D eigenvalue weighted by Gasteiger charge is 2.53. The third-order valence-corrected chi connectivity index (χ3v) is 8.15. The Hall–Kier alpha value is -1.48. The van der Waals surface area contributed by atoms with Gasteiger partial charge in [0.05, 0.1) is 11.0 Å². The number of sulfone groups is 1. The molecule has 0 unspecified atom stereocenters. The number of likely N-dealkylation sites (tertiary alicyclic amines) is 1. The number of aromatic nitrogens is 3. The van der Waals surface area contributed by atoms with Gasteiger partial charge in [-0.15, -0.1) is 10.2 Å². The van der Waals surface area contributed by atoms with E-state index in [4.69, 9.17) is 0 Å². The molecular weight excluding hydrogens is 342 g/mol. The van der Waals surface area contributed by atoms with Crippen molar-refractivity contribution in [3.63, 3.8) is 0 Å². The molecule has 4 rings (SSSR count). The molecule has 0 N–H and O–H groups in total. The number of aryl methyl sites for hydroxylation is 1. The van der Waals surface area contributed by atoms with Gasteiger partial charge in [0.15, 0.2) is 9.84 Å². The highest BCUT2D eigenvalue weighted by atomic mass is 32.2. The summed E-state index contributed by atoms with van der Waals surface area (Å²) < 4.78 is 26.9. The number of fused-ring (bicyclic) bond motifs is 2. The van der Waals surface area contributed by atoms with Crippen LogP contribution in [0.15, 0.2) is 0 Å². The molecule has 8 nitrogen and oxygen atoms in total. The number of hydrogen-bond acceptors (Lipinski definition) is 6. The van der Waals surface area contributed by atoms with Gasteiger partial charge in [-0.1, -0.05) is 6.42 Å². The first-order valence-electron chi connectivity index (χ1n) is 8.98. The monoisotopic (exact) mass is 367 g/mol. The Bertz CT molecular complexity index is 788. The van der Waals surface area contributed by atoms with Crippen LogP contribution >= 0.6 is 0 Å². The van der Waals surface area contributed by atoms with E-state index in [1.807, 2.05) is 23.6 Å². The van der Waals surface area contributed by atoms with Crippen LogP contribution in [0.5, 0.6) is 0 Å². The lowest BCUT2D eigenvalue weighted by molar-refractivity contribution is 0.0761. The summed E-state index contributed by atoms with van der Waals surface area (Å²) in [6.07, 6.45) is 4.08. The minimum absolute atomic E-state index is 0.0181. The van der Waals surface area contributed by atoms with Crippen molar-refractivity contribution in [2.45, 2.75) is 43.5 Å². The van der Waals surface area contributed by atoms with E-state index in [2.05, 4.69) is 10.2 Å². The van der Waals surface area contributed by atoms with Gasteiger partial charge in [0, 0.05) is 38.0 Å². The first kappa shape index (κ1) is 17.0. The highest BCUT2D eigenvalue weighted by molar-refractivity contribution is 7.92. The van der Waals surface area contributed by atoms with Gasteiger partial charge in [-0.2, -0.15) is 0 Å². The fourth-order valence-electron chi connectivity index (χ4n) is 4.52. The molecular formula is C16H25N5O3S. The molecule has 0 aromatic carbocycles. The Kier molecular flexibility index (Phi) is 4.10. The molecule has 138 valence electrons. The van der Waals surface area contributed by atoms with E-state index in [1.54, 1.807) is 4.90 Å². The van der Waals surface area contributed by atoms with Crippen molar-refractivity contribution in [2.75, 3.05) is 32.9 Å². The zero-order valence-corrected chi connectivity index (χ0v) is 15.6. The summed E-state index contributed by atoms with van der Waals surface area (Å²) in [5.74, 6) is 1.24. The van der Waals surface area contributed by atoms with Crippen molar-refractivity contribution in [2.24, 2.45) is 5.92 Å². The lowest BCUT2D eigenvalue weighted by Gasteiger charge is -2.25. The van der Waals surface area contributed by atoms with Gasteiger partial charge in [0.25, 0.3) is 5.91 Å². The molecule has 0 aliphatic carbocycles. The van der Waals surface area contributed by atoms with Crippen molar-refractivity contribution < 1.29 is 13.2 Å². The van der Waals surface area contributed by atoms with Crippen LogP contribution in [0.2, 0.25) is 0 Å². The lowest BCUT2D eigenvalue weighted by atomic mass is 10.00. The molecule has 1 amide bonds. The predicted octanol–water partition coefficient (Wildman–Crippen LogP) is -0.196. The molecule has 3 aliphatic rings. The third-order valence-electron chi connectivity index (χ3n) is 5.92. The van der Waals surface area contributed by atoms with Gasteiger partial charge in [-0.05, 0) is 26.9 Å². The topological polar surface area (TPSA) is 88.4 Å². The highest BCUT2D eigenvalue weighted by Crippen LogP contribution is 2.36. The normalized spacial score (nSPS) is 31.0. The molecule has 1 aromatic heterocycles. The third kappa shape index (κ3) is 2.77. The van der Waals surface area contributed by atoms with Gasteiger partial charge >= 0.3 is 0 Å². The SMILES string of the molecule is CN(C)[C@H]1CS(=O)(=O)[C@H]2CN(C(=O)c3nnc4n3CCCCC4)C[C@@H]12. The van der Waals surface area contributed by atoms with E-state index in [9.17, 15) is 13.2 Å². The fourth-order valence-corrected chi connectivity index (χ4v) is 6.99. The van der Waals surface area contributed by atoms with E-state index in [-0.39, 0.29) is 30.2 Å². The Morgan fingerprint density at radius 2 is 1.96 bits per heavy atom. The van der Waals surface area contributed by atoms with Crippen LogP contribution in [0.25, 0.3) is 0 Å². The summed E-state index contributed by atoms with van der Waals surface area (Å²) in [5.41, 5.74) is 0. The molecule has 2 fully saturated rings. The quantitative estimate of drug-likeness (QED) is 0.720. The van der Waals surface area contributed by atoms with Crippen molar-refractivity contribution in [3.8, 4) is 0 Å². The van der Waals surface area contributed by atoms with Crippen LogP contribution < -0.4 is 0 Å². The van der Waals surface area contributed by atoms with E-state index in [0.717, 1.165) is 38.1 Å². The Morgan fingerprint density at radius 1 is 1.16 bits per heavy atom. The van der Waals surface area contributed by atoms with Gasteiger partial charge in [0.1, 0.15) is 5.82 Å². The molecule has 1 aromatic rings. The second kappa shape index (κ2) is 6.05. The molecule has 4 heterocycles. The number of carbonyl (C=O) groups excluding carboxylic acids is 1. The Labute approximate surface area is 148 Å². The number of nitrogens with zero attached hydrogens (tertiary/aromatic N) is 5. The molecule has 0 spiro atoms. The number of amides is 1. The van der Waals surface area contributed by atoms with Gasteiger partial charge in [-0.25, -0.2) is 8.42 Å². The van der Waals surface area contributed by atoms with E-state index in [0.29, 0.717) is 12.4 Å². The average molecular weight is 367 g/mol. The van der Waals surface area contributed by atoms with Crippen LogP contribution in [-0.4, -0.2) is 83.1 Å². The maximum atomic E-state index is 13.0. The number of rotatable bonds is 2. The summed E-state index contributed by atoms with van der Waals surface area (Å²) in [6, 6.07) is -0.0247. The summed E-state index contributed by atoms with van der Waals surface area (Å²) in [4.78, 5) is 16.6. The smallest absolute Gasteiger partial charge is 0.291 e. The lowest BCUT2D eigenvalue weighted by Crippen LogP contribution is -2.39. The maximum Gasteiger partial charge on any atom is 0.291 e. The zero-order valence-electron chi connectivity index (χ0n) is 14.8. The van der Waals surface area contributed by atoms with E-state index < -0.39 is 15.1 Å². The summed E-state index contributed by atoms with van der Waals surface area (Å²) >= 11 is 0. The minimum Gasteiger partial charge on any atom is -0.334 e. The van der Waals surface area contributed by atoms with Crippen LogP contribution in [0.4, 0.5) is 0 Å². The zero-order chi connectivity index (χ0) is 17.8. The molecule has 3 atom stereocenters. The van der Waals surface area contributed by atoms with Crippen molar-refractivity contribution in [3.05, 3.63) is 11.6 Å². The van der Waals surface area contributed by atoms with Crippen LogP contribution in [0, 0.1) is 5.92 Å². The van der Waals surface area contributed by atoms with Crippen LogP contribution in [-0.2, 0) is 22.8 Å². The molecule has 25 heavy (non-hydrogen) atoms. The summed E-state index contributed by atoms with van der Waals surface area (Å²) in [5, 5.41) is 7.87. The van der Waals surface area contributed by atoms with Crippen molar-refractivity contribution in [1.82, 2.24) is 24.6 Å². The van der Waals surface area contributed by atoms with Crippen LogP contribution in [0.1, 0.15) is 35.7 Å². The van der Waals surface area contributed by atoms with Crippen molar-refractivity contribution >= 4 is 15.7 Å². The molecule has 0 bridgehead atoms. The summed E-state index contributed by atoms with van der Waals surface area (Å²) in [6.45, 7) is 1.52. The largest absolute Gasteiger partial charge is 0.334 e. The fraction of sp³-hybridized carbons (Fsp3) is 0.812. The van der Waals surface area contributed by atoms with Gasteiger partial charge in [-0.3, -0.25) is 4.79 Å². The molecule has 3 aliphatic heterocycles. The first-order chi connectivity index (χ1) is 11.9. The molecule has 2 saturated heterocycles. The summed E-state index contributed by atoms with van der Waals surface area (Å²) in [7, 11) is 0.662. The molecule has 0 saturated carbocycles.